The Hall–Kier alpha value is -1.19. The van der Waals surface area contributed by atoms with E-state index >= 15 is 0 Å². The molecule has 0 saturated carbocycles. The highest BCUT2D eigenvalue weighted by atomic mass is 35.5. The van der Waals surface area contributed by atoms with Gasteiger partial charge in [-0.1, -0.05) is 29.3 Å². The first-order valence-electron chi connectivity index (χ1n) is 4.59. The lowest BCUT2D eigenvalue weighted by Crippen LogP contribution is -1.94. The van der Waals surface area contributed by atoms with Gasteiger partial charge in [-0.15, -0.1) is 0 Å². The van der Waals surface area contributed by atoms with Crippen LogP contribution < -0.4 is 0 Å². The van der Waals surface area contributed by atoms with Crippen LogP contribution in [0.15, 0.2) is 30.3 Å². The van der Waals surface area contributed by atoms with Crippen molar-refractivity contribution in [3.05, 3.63) is 57.8 Å². The van der Waals surface area contributed by atoms with Crippen molar-refractivity contribution in [2.75, 3.05) is 0 Å². The van der Waals surface area contributed by atoms with Gasteiger partial charge in [0.2, 0.25) is 0 Å². The molecule has 0 saturated heterocycles. The second-order valence-corrected chi connectivity index (χ2v) is 4.16. The first-order chi connectivity index (χ1) is 8.00. The van der Waals surface area contributed by atoms with Crippen molar-refractivity contribution < 1.29 is 13.2 Å². The number of hydrogen-bond acceptors (Lipinski definition) is 0. The summed E-state index contributed by atoms with van der Waals surface area (Å²) in [6.07, 6.45) is 0. The van der Waals surface area contributed by atoms with Gasteiger partial charge in [-0.25, -0.2) is 13.2 Å². The Bertz CT molecular complexity index is 539. The Morgan fingerprint density at radius 3 is 1.71 bits per heavy atom. The molecule has 0 unspecified atom stereocenters. The van der Waals surface area contributed by atoms with E-state index < -0.39 is 23.0 Å². The van der Waals surface area contributed by atoms with E-state index in [0.29, 0.717) is 12.1 Å². The smallest absolute Gasteiger partial charge is 0.136 e. The summed E-state index contributed by atoms with van der Waals surface area (Å²) in [5.41, 5.74) is -0.409. The van der Waals surface area contributed by atoms with Gasteiger partial charge in [0.05, 0.1) is 15.6 Å². The number of rotatable bonds is 1. The molecule has 88 valence electrons. The third-order valence-corrected chi connectivity index (χ3v) is 2.85. The lowest BCUT2D eigenvalue weighted by atomic mass is 10.0. The number of halogens is 5. The van der Waals surface area contributed by atoms with Crippen LogP contribution >= 0.6 is 23.2 Å². The molecule has 0 bridgehead atoms. The van der Waals surface area contributed by atoms with E-state index in [0.717, 1.165) is 0 Å². The molecular weight excluding hydrogens is 272 g/mol. The van der Waals surface area contributed by atoms with Gasteiger partial charge in [0, 0.05) is 17.7 Å². The molecule has 0 nitrogen and oxygen atoms in total. The maximum atomic E-state index is 13.6. The van der Waals surface area contributed by atoms with Crippen LogP contribution in [0.2, 0.25) is 10.0 Å². The van der Waals surface area contributed by atoms with Crippen molar-refractivity contribution in [2.24, 2.45) is 0 Å². The molecule has 0 amide bonds. The molecule has 0 radical (unpaired) electrons. The molecule has 0 aliphatic heterocycles. The van der Waals surface area contributed by atoms with E-state index in [2.05, 4.69) is 0 Å². The van der Waals surface area contributed by atoms with E-state index in [1.165, 1.54) is 12.1 Å². The van der Waals surface area contributed by atoms with Crippen LogP contribution in [-0.4, -0.2) is 0 Å². The fraction of sp³-hybridized carbons (Fsp3) is 0. The van der Waals surface area contributed by atoms with Crippen LogP contribution in [0.5, 0.6) is 0 Å². The number of hydrogen-bond donors (Lipinski definition) is 0. The molecule has 0 spiro atoms. The molecule has 5 heteroatoms. The molecule has 0 heterocycles. The lowest BCUT2D eigenvalue weighted by molar-refractivity contribution is 0.548. The largest absolute Gasteiger partial charge is 0.207 e. The molecule has 2 rings (SSSR count). The van der Waals surface area contributed by atoms with Crippen LogP contribution in [-0.2, 0) is 0 Å². The van der Waals surface area contributed by atoms with Gasteiger partial charge in [-0.3, -0.25) is 0 Å². The molecule has 0 atom stereocenters. The third-order valence-electron chi connectivity index (χ3n) is 2.22. The zero-order valence-electron chi connectivity index (χ0n) is 8.28. The Morgan fingerprint density at radius 2 is 1.24 bits per heavy atom. The van der Waals surface area contributed by atoms with Crippen LogP contribution in [0.4, 0.5) is 13.2 Å². The summed E-state index contributed by atoms with van der Waals surface area (Å²) in [7, 11) is 0. The third kappa shape index (κ3) is 2.26. The Kier molecular flexibility index (Phi) is 3.31. The van der Waals surface area contributed by atoms with Gasteiger partial charge in [-0.2, -0.15) is 0 Å². The summed E-state index contributed by atoms with van der Waals surface area (Å²) < 4.78 is 39.9. The van der Waals surface area contributed by atoms with Crippen molar-refractivity contribution in [1.82, 2.24) is 0 Å². The monoisotopic (exact) mass is 276 g/mol. The van der Waals surface area contributed by atoms with E-state index in [1.807, 2.05) is 0 Å². The summed E-state index contributed by atoms with van der Waals surface area (Å²) in [6, 6.07) is 5.61. The molecule has 0 N–H and O–H groups in total. The Balaban J connectivity index is 2.77. The molecule has 0 aliphatic carbocycles. The van der Waals surface area contributed by atoms with Crippen molar-refractivity contribution in [2.45, 2.75) is 0 Å². The van der Waals surface area contributed by atoms with Crippen LogP contribution in [0, 0.1) is 17.5 Å². The second kappa shape index (κ2) is 4.59. The van der Waals surface area contributed by atoms with Gasteiger partial charge in [0.25, 0.3) is 0 Å². The maximum Gasteiger partial charge on any atom is 0.136 e. The quantitative estimate of drug-likeness (QED) is 0.682. The fourth-order valence-corrected chi connectivity index (χ4v) is 2.10. The van der Waals surface area contributed by atoms with Gasteiger partial charge in [0.1, 0.15) is 17.5 Å². The van der Waals surface area contributed by atoms with E-state index in [4.69, 9.17) is 23.2 Å². The van der Waals surface area contributed by atoms with Gasteiger partial charge < -0.3 is 0 Å². The zero-order chi connectivity index (χ0) is 12.6. The van der Waals surface area contributed by atoms with Crippen molar-refractivity contribution in [3.8, 4) is 11.1 Å². The molecule has 2 aromatic carbocycles. The minimum Gasteiger partial charge on any atom is -0.207 e. The summed E-state index contributed by atoms with van der Waals surface area (Å²) >= 11 is 11.7. The standard InChI is InChI=1S/C12H5Cl2F3/c13-7-2-1-3-8(14)11(7)12-9(16)4-6(15)5-10(12)17/h1-5H. The van der Waals surface area contributed by atoms with E-state index in [1.54, 1.807) is 6.07 Å². The summed E-state index contributed by atoms with van der Waals surface area (Å²) in [4.78, 5) is 0. The van der Waals surface area contributed by atoms with Gasteiger partial charge in [-0.05, 0) is 12.1 Å². The summed E-state index contributed by atoms with van der Waals surface area (Å²) in [5.74, 6) is -3.08. The van der Waals surface area contributed by atoms with Crippen LogP contribution in [0.25, 0.3) is 11.1 Å². The predicted molar refractivity (Wildman–Crippen MR) is 61.8 cm³/mol. The molecule has 2 aromatic rings. The molecule has 17 heavy (non-hydrogen) atoms. The normalized spacial score (nSPS) is 10.6. The molecule has 0 aromatic heterocycles. The van der Waals surface area contributed by atoms with Gasteiger partial charge >= 0.3 is 0 Å². The highest BCUT2D eigenvalue weighted by Crippen LogP contribution is 2.37. The SMILES string of the molecule is Fc1cc(F)c(-c2c(Cl)cccc2Cl)c(F)c1. The average molecular weight is 277 g/mol. The van der Waals surface area contributed by atoms with Crippen molar-refractivity contribution in [3.63, 3.8) is 0 Å². The Morgan fingerprint density at radius 1 is 0.765 bits per heavy atom. The minimum atomic E-state index is -1.04. The van der Waals surface area contributed by atoms with E-state index in [-0.39, 0.29) is 15.6 Å². The number of benzene rings is 2. The molecular formula is C12H5Cl2F3. The van der Waals surface area contributed by atoms with Crippen LogP contribution in [0.1, 0.15) is 0 Å². The second-order valence-electron chi connectivity index (χ2n) is 3.34. The highest BCUT2D eigenvalue weighted by molar-refractivity contribution is 6.39. The van der Waals surface area contributed by atoms with Crippen LogP contribution in [0.3, 0.4) is 0 Å². The fourth-order valence-electron chi connectivity index (χ4n) is 1.52. The maximum absolute atomic E-state index is 13.6. The zero-order valence-corrected chi connectivity index (χ0v) is 9.79. The first kappa shape index (κ1) is 12.3. The molecule has 0 aliphatic rings. The highest BCUT2D eigenvalue weighted by Gasteiger charge is 2.18. The minimum absolute atomic E-state index is 0.0193. The topological polar surface area (TPSA) is 0 Å². The van der Waals surface area contributed by atoms with E-state index in [9.17, 15) is 13.2 Å². The lowest BCUT2D eigenvalue weighted by Gasteiger charge is -2.09. The molecule has 0 fully saturated rings. The van der Waals surface area contributed by atoms with Crippen molar-refractivity contribution in [1.29, 1.82) is 0 Å². The summed E-state index contributed by atoms with van der Waals surface area (Å²) in [6.45, 7) is 0. The average Bonchev–Trinajstić information content (AvgIpc) is 2.21. The Labute approximate surface area is 106 Å². The summed E-state index contributed by atoms with van der Waals surface area (Å²) in [5, 5.41) is 0.198. The predicted octanol–water partition coefficient (Wildman–Crippen LogP) is 5.08. The first-order valence-corrected chi connectivity index (χ1v) is 5.35. The van der Waals surface area contributed by atoms with Gasteiger partial charge in [0.15, 0.2) is 0 Å². The van der Waals surface area contributed by atoms with Crippen molar-refractivity contribution >= 4 is 23.2 Å².